The lowest BCUT2D eigenvalue weighted by molar-refractivity contribution is 1.32. The van der Waals surface area contributed by atoms with E-state index in [4.69, 9.17) is 0 Å². The summed E-state index contributed by atoms with van der Waals surface area (Å²) in [5, 5.41) is 2.31. The maximum Gasteiger partial charge on any atom is -0.00137 e. The predicted octanol–water partition coefficient (Wildman–Crippen LogP) is 41.7. The molecule has 0 amide bonds. The molecule has 22 aromatic carbocycles. The van der Waals surface area contributed by atoms with E-state index >= 15 is 0 Å². The largest absolute Gasteiger partial charge is 0.0622 e. The molecule has 0 aliphatic heterocycles. The quantitative estimate of drug-likeness (QED) is 0.0713. The molecule has 0 N–H and O–H groups in total. The number of benzene rings is 22. The fourth-order valence-corrected chi connectivity index (χ4v) is 25.5. The van der Waals surface area contributed by atoms with Crippen molar-refractivity contribution >= 4 is 10.8 Å². The van der Waals surface area contributed by atoms with Crippen molar-refractivity contribution in [3.63, 3.8) is 0 Å². The Bertz CT molecular complexity index is 8270. The van der Waals surface area contributed by atoms with Crippen molar-refractivity contribution in [1.82, 2.24) is 0 Å². The highest BCUT2D eigenvalue weighted by molar-refractivity contribution is 6.19. The topological polar surface area (TPSA) is 0 Å². The summed E-state index contributed by atoms with van der Waals surface area (Å²) in [4.78, 5) is 0. The van der Waals surface area contributed by atoms with Crippen LogP contribution < -0.4 is 0 Å². The standard InChI is InChI=1S/C148H124/c1-89-75-95(7)131(96(8)76-89)111-49-61-117(62-50-111)141-137(107-35-23-19-24-36-107)145(121-69-57-115(58-70-121)135-103(15)83-93(5)84-104(135)16)147(139(109-39-27-21-28-40-109)143(141)119-65-53-113(54-66-119)133-99(11)79-91(3)80-100(133)12)125-45-33-43-123(87-125)127-73-74-128(130-48-32-31-47-129(127)130)124-44-34-46-126(88-124)148-140(110-41-29-22-30-42-110)144(120-67-55-114(56-68-120)134-101(13)81-92(4)82-102(134)14)142(118-63-51-112(52-64-118)132-97(9)77-90(2)78-98(132)10)138(108-37-25-20-26-38-108)146(148)122-71-59-116(60-72-122)136-105(17)85-94(6)86-106(136)18/h19-88H,1-18H3. The summed E-state index contributed by atoms with van der Waals surface area (Å²) in [6, 6.07) is 164. The van der Waals surface area contributed by atoms with E-state index in [1.165, 1.54) is 167 Å². The molecule has 0 fully saturated rings. The first-order chi connectivity index (χ1) is 71.8. The second kappa shape index (κ2) is 39.9. The first kappa shape index (κ1) is 95.9. The highest BCUT2D eigenvalue weighted by atomic mass is 14.4. The van der Waals surface area contributed by atoms with E-state index in [1.54, 1.807) is 0 Å². The Labute approximate surface area is 876 Å². The molecule has 0 aliphatic rings. The highest BCUT2D eigenvalue weighted by Gasteiger charge is 2.34. The summed E-state index contributed by atoms with van der Waals surface area (Å²) in [5.74, 6) is 0. The van der Waals surface area contributed by atoms with Gasteiger partial charge in [0.2, 0.25) is 0 Å². The van der Waals surface area contributed by atoms with Gasteiger partial charge in [-0.25, -0.2) is 0 Å². The van der Waals surface area contributed by atoms with Gasteiger partial charge in [0.1, 0.15) is 0 Å². The molecule has 0 atom stereocenters. The number of hydrogen-bond donors (Lipinski definition) is 0. The van der Waals surface area contributed by atoms with Gasteiger partial charge in [0, 0.05) is 0 Å². The Morgan fingerprint density at radius 3 is 0.372 bits per heavy atom. The van der Waals surface area contributed by atoms with Crippen molar-refractivity contribution in [3.8, 4) is 223 Å². The summed E-state index contributed by atoms with van der Waals surface area (Å²) in [5.41, 5.74) is 69.5. The molecule has 0 spiro atoms. The SMILES string of the molecule is Cc1cc(C)c(-c2ccc(-c3c(-c4ccc(-c5c(C)cc(C)cc5C)cc4)c(-c4ccccc4)c(-c4cccc(-c5ccc(-c6cccc(-c7c(-c8ccccc8)c(-c8ccc(-c9c(C)cc(C)cc9C)cc8)c(-c8ccc(-c9c(C)cc(C)cc9C)cc8)c(-c8ccccc8)c7-c7ccc(-c8c(C)cc(C)cc8C)cc7)c6)c6ccccc56)c4)c(-c4ccc(-c5c(C)cc(C)cc5C)cc4)c3-c3ccccc3)cc2)c(C)c1. The zero-order chi connectivity index (χ0) is 102. The van der Waals surface area contributed by atoms with Crippen LogP contribution in [0.15, 0.2) is 425 Å². The van der Waals surface area contributed by atoms with E-state index < -0.39 is 0 Å². The van der Waals surface area contributed by atoms with Crippen LogP contribution in [0.5, 0.6) is 0 Å². The molecule has 22 aromatic rings. The third-order valence-electron chi connectivity index (χ3n) is 30.9. The lowest BCUT2D eigenvalue weighted by atomic mass is 9.73. The maximum absolute atomic E-state index is 2.51. The number of hydrogen-bond acceptors (Lipinski definition) is 0. The van der Waals surface area contributed by atoms with E-state index in [9.17, 15) is 0 Å². The van der Waals surface area contributed by atoms with Gasteiger partial charge < -0.3 is 0 Å². The molecule has 0 heterocycles. The van der Waals surface area contributed by atoms with Crippen LogP contribution in [-0.4, -0.2) is 0 Å². The van der Waals surface area contributed by atoms with E-state index in [0.29, 0.717) is 0 Å². The second-order valence-corrected chi connectivity index (χ2v) is 41.9. The Kier molecular flexibility index (Phi) is 25.9. The van der Waals surface area contributed by atoms with Crippen molar-refractivity contribution in [1.29, 1.82) is 0 Å². The van der Waals surface area contributed by atoms with E-state index in [0.717, 1.165) is 167 Å². The number of aryl methyl sites for hydroxylation is 18. The molecule has 0 unspecified atom stereocenters. The maximum atomic E-state index is 2.51. The lowest BCUT2D eigenvalue weighted by Crippen LogP contribution is -2.02. The molecule has 148 heavy (non-hydrogen) atoms. The minimum atomic E-state index is 1.10. The zero-order valence-corrected chi connectivity index (χ0v) is 88.4. The van der Waals surface area contributed by atoms with Crippen molar-refractivity contribution in [2.45, 2.75) is 125 Å². The highest BCUT2D eigenvalue weighted by Crippen LogP contribution is 2.61. The Balaban J connectivity index is 0.797. The van der Waals surface area contributed by atoms with Crippen molar-refractivity contribution in [2.24, 2.45) is 0 Å². The number of fused-ring (bicyclic) bond motifs is 1. The average molecular weight is 1900 g/mol. The first-order valence-electron chi connectivity index (χ1n) is 52.4. The summed E-state index contributed by atoms with van der Waals surface area (Å²) >= 11 is 0. The van der Waals surface area contributed by atoms with Gasteiger partial charge in [0.05, 0.1) is 0 Å². The van der Waals surface area contributed by atoms with Crippen LogP contribution in [0.3, 0.4) is 0 Å². The van der Waals surface area contributed by atoms with Crippen LogP contribution in [0.2, 0.25) is 0 Å². The minimum absolute atomic E-state index is 1.10. The normalized spacial score (nSPS) is 11.4. The van der Waals surface area contributed by atoms with Gasteiger partial charge >= 0.3 is 0 Å². The predicted molar refractivity (Wildman–Crippen MR) is 638 cm³/mol. The molecule has 0 heteroatoms. The second-order valence-electron chi connectivity index (χ2n) is 41.9. The van der Waals surface area contributed by atoms with Crippen LogP contribution in [0.4, 0.5) is 0 Å². The lowest BCUT2D eigenvalue weighted by Gasteiger charge is -2.29. The molecule has 716 valence electrons. The van der Waals surface area contributed by atoms with Crippen molar-refractivity contribution in [2.75, 3.05) is 0 Å². The molecular weight excluding hydrogens is 1780 g/mol. The van der Waals surface area contributed by atoms with Gasteiger partial charge in [-0.05, 0) is 437 Å². The smallest absolute Gasteiger partial charge is 0.00137 e. The van der Waals surface area contributed by atoms with Crippen LogP contribution >= 0.6 is 0 Å². The fourth-order valence-electron chi connectivity index (χ4n) is 25.5. The van der Waals surface area contributed by atoms with Crippen molar-refractivity contribution < 1.29 is 0 Å². The van der Waals surface area contributed by atoms with E-state index in [1.807, 2.05) is 0 Å². The Hall–Kier alpha value is -16.9. The van der Waals surface area contributed by atoms with Gasteiger partial charge in [-0.1, -0.05) is 446 Å². The van der Waals surface area contributed by atoms with Gasteiger partial charge in [-0.3, -0.25) is 0 Å². The summed E-state index contributed by atoms with van der Waals surface area (Å²) in [7, 11) is 0. The van der Waals surface area contributed by atoms with Crippen LogP contribution in [0, 0.1) is 125 Å². The molecule has 0 saturated carbocycles. The van der Waals surface area contributed by atoms with Gasteiger partial charge in [-0.2, -0.15) is 0 Å². The molecule has 0 saturated heterocycles. The average Bonchev–Trinajstić information content (AvgIpc) is 0.712. The van der Waals surface area contributed by atoms with Gasteiger partial charge in [0.15, 0.2) is 0 Å². The third kappa shape index (κ3) is 18.0. The first-order valence-corrected chi connectivity index (χ1v) is 52.4. The summed E-state index contributed by atoms with van der Waals surface area (Å²) in [6.07, 6.45) is 0. The van der Waals surface area contributed by atoms with Crippen LogP contribution in [0.1, 0.15) is 100 Å². The van der Waals surface area contributed by atoms with Crippen LogP contribution in [-0.2, 0) is 0 Å². The molecular formula is C148H124. The van der Waals surface area contributed by atoms with E-state index in [2.05, 4.69) is 549 Å². The molecule has 0 nitrogen and oxygen atoms in total. The Morgan fingerprint density at radius 2 is 0.209 bits per heavy atom. The molecule has 0 radical (unpaired) electrons. The van der Waals surface area contributed by atoms with Gasteiger partial charge in [-0.15, -0.1) is 0 Å². The van der Waals surface area contributed by atoms with Crippen LogP contribution in [0.25, 0.3) is 233 Å². The molecule has 0 aliphatic carbocycles. The monoisotopic (exact) mass is 1900 g/mol. The molecule has 22 rings (SSSR count). The van der Waals surface area contributed by atoms with E-state index in [-0.39, 0.29) is 0 Å². The molecule has 0 bridgehead atoms. The van der Waals surface area contributed by atoms with Crippen molar-refractivity contribution in [3.05, 3.63) is 525 Å². The minimum Gasteiger partial charge on any atom is -0.0622 e. The summed E-state index contributed by atoms with van der Waals surface area (Å²) in [6.45, 7) is 40.4. The molecule has 0 aromatic heterocycles. The Morgan fingerprint density at radius 1 is 0.0878 bits per heavy atom. The number of rotatable bonds is 20. The third-order valence-corrected chi connectivity index (χ3v) is 30.9. The summed E-state index contributed by atoms with van der Waals surface area (Å²) < 4.78 is 0. The fraction of sp³-hybridized carbons (Fsp3) is 0.122. The zero-order valence-electron chi connectivity index (χ0n) is 88.4. The van der Waals surface area contributed by atoms with Gasteiger partial charge in [0.25, 0.3) is 0 Å².